The van der Waals surface area contributed by atoms with Crippen LogP contribution in [0.2, 0.25) is 0 Å². The average Bonchev–Trinajstić information content (AvgIpc) is 2.46. The largest absolute Gasteiger partial charge is 0.493 e. The van der Waals surface area contributed by atoms with Gasteiger partial charge < -0.3 is 9.47 Å². The number of ether oxygens (including phenoxy) is 2. The molecule has 0 aliphatic heterocycles. The topological polar surface area (TPSA) is 30.9 Å². The predicted molar refractivity (Wildman–Crippen MR) is 81.3 cm³/mol. The molecule has 0 spiro atoms. The third-order valence-electron chi connectivity index (χ3n) is 3.21. The lowest BCUT2D eigenvalue weighted by atomic mass is 10.1. The zero-order valence-corrected chi connectivity index (χ0v) is 13.3. The van der Waals surface area contributed by atoms with Gasteiger partial charge in [-0.1, -0.05) is 13.0 Å². The normalized spacial score (nSPS) is 12.5. The molecule has 20 heavy (non-hydrogen) atoms. The standard InChI is InChI=1S/C16H27NO3/c1-6-10-17(20-7-2)13(3)11-14-8-9-15(18-4)16(12-14)19-5/h8-9,12-13H,6-7,10-11H2,1-5H3. The van der Waals surface area contributed by atoms with Crippen molar-refractivity contribution in [2.24, 2.45) is 0 Å². The first-order chi connectivity index (χ1) is 9.65. The molecule has 0 aliphatic rings. The molecule has 114 valence electrons. The zero-order chi connectivity index (χ0) is 15.0. The molecule has 1 aromatic carbocycles. The van der Waals surface area contributed by atoms with Gasteiger partial charge in [0.15, 0.2) is 11.5 Å². The molecule has 4 heteroatoms. The van der Waals surface area contributed by atoms with Crippen molar-refractivity contribution in [2.45, 2.75) is 39.7 Å². The zero-order valence-electron chi connectivity index (χ0n) is 13.3. The van der Waals surface area contributed by atoms with Gasteiger partial charge in [0.2, 0.25) is 0 Å². The van der Waals surface area contributed by atoms with E-state index in [0.717, 1.165) is 30.9 Å². The van der Waals surface area contributed by atoms with Crippen molar-refractivity contribution in [1.82, 2.24) is 5.06 Å². The summed E-state index contributed by atoms with van der Waals surface area (Å²) in [6, 6.07) is 6.39. The maximum atomic E-state index is 5.70. The van der Waals surface area contributed by atoms with Gasteiger partial charge in [-0.05, 0) is 44.4 Å². The quantitative estimate of drug-likeness (QED) is 0.650. The molecule has 0 N–H and O–H groups in total. The highest BCUT2D eigenvalue weighted by molar-refractivity contribution is 5.43. The van der Waals surface area contributed by atoms with E-state index in [1.807, 2.05) is 19.1 Å². The Bertz CT molecular complexity index is 389. The summed E-state index contributed by atoms with van der Waals surface area (Å²) in [5.74, 6) is 1.54. The van der Waals surface area contributed by atoms with Crippen LogP contribution in [-0.2, 0) is 11.3 Å². The number of rotatable bonds is 9. The molecule has 0 heterocycles. The first-order valence-corrected chi connectivity index (χ1v) is 7.26. The van der Waals surface area contributed by atoms with E-state index in [9.17, 15) is 0 Å². The third kappa shape index (κ3) is 4.69. The number of methoxy groups -OCH3 is 2. The Morgan fingerprint density at radius 1 is 1.10 bits per heavy atom. The Labute approximate surface area is 122 Å². The molecule has 0 aromatic heterocycles. The molecular formula is C16H27NO3. The lowest BCUT2D eigenvalue weighted by Gasteiger charge is -2.27. The molecule has 0 saturated heterocycles. The number of nitrogens with zero attached hydrogens (tertiary/aromatic N) is 1. The summed E-state index contributed by atoms with van der Waals surface area (Å²) >= 11 is 0. The first-order valence-electron chi connectivity index (χ1n) is 7.26. The lowest BCUT2D eigenvalue weighted by Crippen LogP contribution is -2.35. The fourth-order valence-electron chi connectivity index (χ4n) is 2.25. The van der Waals surface area contributed by atoms with Crippen LogP contribution in [0.4, 0.5) is 0 Å². The van der Waals surface area contributed by atoms with Crippen LogP contribution in [0, 0.1) is 0 Å². The van der Waals surface area contributed by atoms with Gasteiger partial charge in [-0.2, -0.15) is 5.06 Å². The van der Waals surface area contributed by atoms with Gasteiger partial charge in [0, 0.05) is 12.6 Å². The van der Waals surface area contributed by atoms with E-state index in [2.05, 4.69) is 25.0 Å². The Hall–Kier alpha value is -1.26. The van der Waals surface area contributed by atoms with Gasteiger partial charge in [0.05, 0.1) is 20.8 Å². The Morgan fingerprint density at radius 2 is 1.80 bits per heavy atom. The molecule has 1 atom stereocenters. The smallest absolute Gasteiger partial charge is 0.160 e. The van der Waals surface area contributed by atoms with Crippen LogP contribution >= 0.6 is 0 Å². The minimum atomic E-state index is 0.327. The molecule has 0 bridgehead atoms. The highest BCUT2D eigenvalue weighted by Crippen LogP contribution is 2.28. The number of hydroxylamine groups is 2. The van der Waals surface area contributed by atoms with Gasteiger partial charge in [-0.15, -0.1) is 0 Å². The second-order valence-electron chi connectivity index (χ2n) is 4.80. The minimum absolute atomic E-state index is 0.327. The molecule has 0 fully saturated rings. The van der Waals surface area contributed by atoms with Gasteiger partial charge in [0.1, 0.15) is 0 Å². The molecule has 4 nitrogen and oxygen atoms in total. The van der Waals surface area contributed by atoms with Crippen molar-refractivity contribution >= 4 is 0 Å². The highest BCUT2D eigenvalue weighted by Gasteiger charge is 2.15. The van der Waals surface area contributed by atoms with Gasteiger partial charge >= 0.3 is 0 Å². The van der Waals surface area contributed by atoms with Crippen molar-refractivity contribution in [3.8, 4) is 11.5 Å². The maximum Gasteiger partial charge on any atom is 0.160 e. The van der Waals surface area contributed by atoms with Crippen molar-refractivity contribution in [1.29, 1.82) is 0 Å². The van der Waals surface area contributed by atoms with Crippen LogP contribution in [0.5, 0.6) is 11.5 Å². The molecule has 1 rings (SSSR count). The average molecular weight is 281 g/mol. The Kier molecular flexibility index (Phi) is 7.41. The summed E-state index contributed by atoms with van der Waals surface area (Å²) in [7, 11) is 3.31. The van der Waals surface area contributed by atoms with Gasteiger partial charge in [-0.3, -0.25) is 4.84 Å². The van der Waals surface area contributed by atoms with E-state index < -0.39 is 0 Å². The van der Waals surface area contributed by atoms with E-state index in [1.54, 1.807) is 14.2 Å². The minimum Gasteiger partial charge on any atom is -0.493 e. The number of benzene rings is 1. The van der Waals surface area contributed by atoms with Crippen LogP contribution in [0.3, 0.4) is 0 Å². The van der Waals surface area contributed by atoms with Crippen molar-refractivity contribution in [2.75, 3.05) is 27.4 Å². The molecule has 1 unspecified atom stereocenters. The van der Waals surface area contributed by atoms with Crippen molar-refractivity contribution in [3.63, 3.8) is 0 Å². The summed E-state index contributed by atoms with van der Waals surface area (Å²) < 4.78 is 10.6. The monoisotopic (exact) mass is 281 g/mol. The fourth-order valence-corrected chi connectivity index (χ4v) is 2.25. The molecule has 0 saturated carbocycles. The number of hydrogen-bond acceptors (Lipinski definition) is 4. The number of hydrogen-bond donors (Lipinski definition) is 0. The van der Waals surface area contributed by atoms with Crippen molar-refractivity contribution in [3.05, 3.63) is 23.8 Å². The van der Waals surface area contributed by atoms with Crippen LogP contribution in [0.15, 0.2) is 18.2 Å². The fraction of sp³-hybridized carbons (Fsp3) is 0.625. The second-order valence-corrected chi connectivity index (χ2v) is 4.80. The highest BCUT2D eigenvalue weighted by atomic mass is 16.7. The molecule has 0 radical (unpaired) electrons. The van der Waals surface area contributed by atoms with Crippen LogP contribution < -0.4 is 9.47 Å². The maximum absolute atomic E-state index is 5.70. The molecule has 0 amide bonds. The van der Waals surface area contributed by atoms with Crippen LogP contribution in [0.1, 0.15) is 32.8 Å². The van der Waals surface area contributed by atoms with Gasteiger partial charge in [0.25, 0.3) is 0 Å². The Morgan fingerprint density at radius 3 is 2.35 bits per heavy atom. The molecule has 1 aromatic rings. The van der Waals surface area contributed by atoms with E-state index in [0.29, 0.717) is 12.6 Å². The molecule has 0 aliphatic carbocycles. The first kappa shape index (κ1) is 16.8. The van der Waals surface area contributed by atoms with E-state index in [-0.39, 0.29) is 0 Å². The summed E-state index contributed by atoms with van der Waals surface area (Å²) in [5.41, 5.74) is 1.22. The molecular weight excluding hydrogens is 254 g/mol. The SMILES string of the molecule is CCCN(OCC)C(C)Cc1ccc(OC)c(OC)c1. The van der Waals surface area contributed by atoms with Gasteiger partial charge in [-0.25, -0.2) is 0 Å². The summed E-state index contributed by atoms with van der Waals surface area (Å²) in [6.07, 6.45) is 2.00. The summed E-state index contributed by atoms with van der Waals surface area (Å²) in [6.45, 7) is 8.02. The second kappa shape index (κ2) is 8.82. The van der Waals surface area contributed by atoms with E-state index in [4.69, 9.17) is 14.3 Å². The van der Waals surface area contributed by atoms with Crippen LogP contribution in [-0.4, -0.2) is 38.5 Å². The lowest BCUT2D eigenvalue weighted by molar-refractivity contribution is -0.178. The summed E-state index contributed by atoms with van der Waals surface area (Å²) in [4.78, 5) is 5.70. The third-order valence-corrected chi connectivity index (χ3v) is 3.21. The van der Waals surface area contributed by atoms with Crippen molar-refractivity contribution < 1.29 is 14.3 Å². The Balaban J connectivity index is 2.75. The van der Waals surface area contributed by atoms with Crippen LogP contribution in [0.25, 0.3) is 0 Å². The predicted octanol–water partition coefficient (Wildman–Crippen LogP) is 3.30. The van der Waals surface area contributed by atoms with E-state index in [1.165, 1.54) is 5.56 Å². The van der Waals surface area contributed by atoms with E-state index >= 15 is 0 Å². The summed E-state index contributed by atoms with van der Waals surface area (Å²) in [5, 5.41) is 2.07.